The lowest BCUT2D eigenvalue weighted by molar-refractivity contribution is -0.139. The summed E-state index contributed by atoms with van der Waals surface area (Å²) in [7, 11) is 0. The summed E-state index contributed by atoms with van der Waals surface area (Å²) in [5.74, 6) is -0.0564. The normalized spacial score (nSPS) is 20.2. The van der Waals surface area contributed by atoms with Crippen LogP contribution in [0.2, 0.25) is 0 Å². The Bertz CT molecular complexity index is 1020. The number of carbonyl (C=O) groups excluding carboxylic acids is 3. The summed E-state index contributed by atoms with van der Waals surface area (Å²) in [6, 6.07) is 3.52. The van der Waals surface area contributed by atoms with Gasteiger partial charge in [-0.2, -0.15) is 5.01 Å². The third-order valence-electron chi connectivity index (χ3n) is 5.93. The lowest BCUT2D eigenvalue weighted by Crippen LogP contribution is -2.51. The third kappa shape index (κ3) is 3.78. The molecule has 0 radical (unpaired) electrons. The fourth-order valence-electron chi connectivity index (χ4n) is 4.23. The zero-order valence-electron chi connectivity index (χ0n) is 16.9. The predicted octanol–water partition coefficient (Wildman–Crippen LogP) is 2.05. The number of nitrogens with zero attached hydrogens (tertiary/aromatic N) is 5. The van der Waals surface area contributed by atoms with E-state index in [1.54, 1.807) is 12.4 Å². The average Bonchev–Trinajstić information content (AvgIpc) is 3.50. The first-order valence-electron chi connectivity index (χ1n) is 10.5. The number of hydrogen-bond acceptors (Lipinski definition) is 7. The van der Waals surface area contributed by atoms with Gasteiger partial charge in [-0.3, -0.25) is 24.6 Å². The van der Waals surface area contributed by atoms with E-state index in [1.165, 1.54) is 11.8 Å². The maximum Gasteiger partial charge on any atom is 0.344 e. The molecule has 3 fully saturated rings. The molecule has 2 aliphatic carbocycles. The number of hydrazine groups is 1. The number of pyridine rings is 1. The van der Waals surface area contributed by atoms with Gasteiger partial charge < -0.3 is 5.32 Å². The Morgan fingerprint density at radius 2 is 2.03 bits per heavy atom. The Morgan fingerprint density at radius 1 is 1.23 bits per heavy atom. The first-order chi connectivity index (χ1) is 15.1. The molecule has 11 heteroatoms. The number of aromatic nitrogens is 4. The first-order valence-corrected chi connectivity index (χ1v) is 11.5. The Labute approximate surface area is 183 Å². The Kier molecular flexibility index (Phi) is 5.12. The molecule has 0 unspecified atom stereocenters. The summed E-state index contributed by atoms with van der Waals surface area (Å²) in [5.41, 5.74) is 2.48. The van der Waals surface area contributed by atoms with E-state index < -0.39 is 17.5 Å². The summed E-state index contributed by atoms with van der Waals surface area (Å²) in [6.07, 6.45) is 9.57. The largest absolute Gasteiger partial charge is 0.344 e. The zero-order valence-corrected chi connectivity index (χ0v) is 17.7. The molecule has 3 heterocycles. The van der Waals surface area contributed by atoms with E-state index >= 15 is 0 Å². The molecule has 4 amide bonds. The van der Waals surface area contributed by atoms with Gasteiger partial charge in [0.05, 0.1) is 5.75 Å². The van der Waals surface area contributed by atoms with Crippen molar-refractivity contribution in [2.45, 2.75) is 61.7 Å². The van der Waals surface area contributed by atoms with Gasteiger partial charge in [-0.1, -0.05) is 31.0 Å². The van der Waals surface area contributed by atoms with Crippen LogP contribution in [-0.2, 0) is 9.59 Å². The van der Waals surface area contributed by atoms with Crippen LogP contribution in [0.5, 0.6) is 0 Å². The average molecular weight is 442 g/mol. The molecule has 1 spiro atoms. The molecule has 1 saturated heterocycles. The van der Waals surface area contributed by atoms with E-state index in [0.717, 1.165) is 48.5 Å². The minimum Gasteiger partial charge on any atom is -0.322 e. The van der Waals surface area contributed by atoms with E-state index in [4.69, 9.17) is 0 Å². The van der Waals surface area contributed by atoms with Crippen molar-refractivity contribution < 1.29 is 14.4 Å². The fourth-order valence-corrected chi connectivity index (χ4v) is 5.03. The molecule has 0 bridgehead atoms. The Hall–Kier alpha value is -2.95. The number of hydrogen-bond donors (Lipinski definition) is 2. The molecule has 0 aromatic carbocycles. The standard InChI is InChI=1S/C20H23N7O3S/c28-15(25-27-17(29)20(22-18(27)30)8-2-1-3-9-20)12-31-19-24-23-16(26(19)14-6-7-14)13-5-4-10-21-11-13/h4-5,10-11,14H,1-3,6-9,12H2,(H,22,30)(H,25,28). The summed E-state index contributed by atoms with van der Waals surface area (Å²) >= 11 is 1.24. The summed E-state index contributed by atoms with van der Waals surface area (Å²) in [5, 5.41) is 12.8. The second kappa shape index (κ2) is 7.95. The molecule has 2 aromatic rings. The van der Waals surface area contributed by atoms with Gasteiger partial charge in [0.1, 0.15) is 5.54 Å². The third-order valence-corrected chi connectivity index (χ3v) is 6.88. The first kappa shape index (κ1) is 20.0. The van der Waals surface area contributed by atoms with Crippen molar-refractivity contribution in [3.63, 3.8) is 0 Å². The van der Waals surface area contributed by atoms with Crippen molar-refractivity contribution in [3.8, 4) is 11.4 Å². The highest BCUT2D eigenvalue weighted by Crippen LogP contribution is 2.41. The van der Waals surface area contributed by atoms with Gasteiger partial charge in [0.15, 0.2) is 11.0 Å². The minimum absolute atomic E-state index is 0.0158. The number of rotatable bonds is 6. The SMILES string of the molecule is O=C(CSc1nnc(-c2cccnc2)n1C1CC1)NN1C(=O)NC2(CCCCC2)C1=O. The van der Waals surface area contributed by atoms with Crippen molar-refractivity contribution in [2.75, 3.05) is 5.75 Å². The van der Waals surface area contributed by atoms with Crippen LogP contribution < -0.4 is 10.7 Å². The van der Waals surface area contributed by atoms with Crippen LogP contribution in [0, 0.1) is 0 Å². The summed E-state index contributed by atoms with van der Waals surface area (Å²) in [4.78, 5) is 41.8. The molecule has 10 nitrogen and oxygen atoms in total. The van der Waals surface area contributed by atoms with Crippen LogP contribution in [0.4, 0.5) is 4.79 Å². The zero-order chi connectivity index (χ0) is 21.4. The molecule has 0 atom stereocenters. The number of amides is 4. The molecule has 2 aromatic heterocycles. The van der Waals surface area contributed by atoms with Crippen molar-refractivity contribution in [3.05, 3.63) is 24.5 Å². The Balaban J connectivity index is 1.25. The Morgan fingerprint density at radius 3 is 2.74 bits per heavy atom. The molecule has 31 heavy (non-hydrogen) atoms. The number of imide groups is 1. The fraction of sp³-hybridized carbons (Fsp3) is 0.500. The number of nitrogens with one attached hydrogen (secondary N) is 2. The van der Waals surface area contributed by atoms with E-state index in [0.29, 0.717) is 24.0 Å². The van der Waals surface area contributed by atoms with Crippen LogP contribution in [0.3, 0.4) is 0 Å². The van der Waals surface area contributed by atoms with Gasteiger partial charge in [-0.15, -0.1) is 10.2 Å². The van der Waals surface area contributed by atoms with E-state index in [1.807, 2.05) is 16.7 Å². The summed E-state index contributed by atoms with van der Waals surface area (Å²) in [6.45, 7) is 0. The van der Waals surface area contributed by atoms with Crippen molar-refractivity contribution in [2.24, 2.45) is 0 Å². The van der Waals surface area contributed by atoms with Gasteiger partial charge in [0.2, 0.25) is 5.91 Å². The number of thioether (sulfide) groups is 1. The molecule has 2 N–H and O–H groups in total. The molecule has 3 aliphatic rings. The minimum atomic E-state index is -0.861. The molecular weight excluding hydrogens is 418 g/mol. The topological polar surface area (TPSA) is 122 Å². The maximum absolute atomic E-state index is 12.8. The van der Waals surface area contributed by atoms with Gasteiger partial charge in [0.25, 0.3) is 5.91 Å². The highest BCUT2D eigenvalue weighted by molar-refractivity contribution is 7.99. The highest BCUT2D eigenvalue weighted by Gasteiger charge is 2.52. The van der Waals surface area contributed by atoms with Crippen molar-refractivity contribution in [1.29, 1.82) is 0 Å². The smallest absolute Gasteiger partial charge is 0.322 e. The molecule has 2 saturated carbocycles. The second-order valence-corrected chi connectivity index (χ2v) is 9.13. The van der Waals surface area contributed by atoms with Gasteiger partial charge in [0, 0.05) is 24.0 Å². The molecule has 1 aliphatic heterocycles. The van der Waals surface area contributed by atoms with Crippen molar-refractivity contribution in [1.82, 2.24) is 35.5 Å². The van der Waals surface area contributed by atoms with E-state index in [2.05, 4.69) is 25.9 Å². The van der Waals surface area contributed by atoms with E-state index in [-0.39, 0.29) is 11.7 Å². The lowest BCUT2D eigenvalue weighted by atomic mass is 9.82. The lowest BCUT2D eigenvalue weighted by Gasteiger charge is -2.30. The van der Waals surface area contributed by atoms with Gasteiger partial charge in [-0.25, -0.2) is 4.79 Å². The number of carbonyl (C=O) groups is 3. The van der Waals surface area contributed by atoms with E-state index in [9.17, 15) is 14.4 Å². The van der Waals surface area contributed by atoms with Crippen LogP contribution in [0.25, 0.3) is 11.4 Å². The van der Waals surface area contributed by atoms with Crippen LogP contribution in [0.1, 0.15) is 51.0 Å². The van der Waals surface area contributed by atoms with Gasteiger partial charge >= 0.3 is 6.03 Å². The maximum atomic E-state index is 12.8. The van der Waals surface area contributed by atoms with Crippen LogP contribution in [-0.4, -0.2) is 53.9 Å². The van der Waals surface area contributed by atoms with Crippen LogP contribution in [0.15, 0.2) is 29.7 Å². The second-order valence-electron chi connectivity index (χ2n) is 8.19. The number of urea groups is 1. The van der Waals surface area contributed by atoms with Gasteiger partial charge in [-0.05, 0) is 37.8 Å². The monoisotopic (exact) mass is 441 g/mol. The quantitative estimate of drug-likeness (QED) is 0.520. The summed E-state index contributed by atoms with van der Waals surface area (Å²) < 4.78 is 2.04. The molecule has 5 rings (SSSR count). The molecule has 162 valence electrons. The van der Waals surface area contributed by atoms with Crippen LogP contribution >= 0.6 is 11.8 Å². The predicted molar refractivity (Wildman–Crippen MR) is 112 cm³/mol. The highest BCUT2D eigenvalue weighted by atomic mass is 32.2. The molecular formula is C20H23N7O3S. The van der Waals surface area contributed by atoms with Crippen molar-refractivity contribution >= 4 is 29.6 Å².